The van der Waals surface area contributed by atoms with E-state index < -0.39 is 15.1 Å². The van der Waals surface area contributed by atoms with Gasteiger partial charge in [0, 0.05) is 53.8 Å². The molecule has 1 aliphatic rings. The Morgan fingerprint density at radius 1 is 1.05 bits per heavy atom. The number of hydrogen-bond donors (Lipinski definition) is 3. The summed E-state index contributed by atoms with van der Waals surface area (Å²) >= 11 is 0. The van der Waals surface area contributed by atoms with Gasteiger partial charge in [0.1, 0.15) is 0 Å². The Bertz CT molecular complexity index is 1520. The van der Waals surface area contributed by atoms with Crippen molar-refractivity contribution < 1.29 is 13.2 Å². The molecule has 9 nitrogen and oxygen atoms in total. The summed E-state index contributed by atoms with van der Waals surface area (Å²) in [5.74, 6) is 0.268. The van der Waals surface area contributed by atoms with Crippen molar-refractivity contribution in [1.82, 2.24) is 19.9 Å². The molecule has 0 saturated carbocycles. The van der Waals surface area contributed by atoms with Gasteiger partial charge in [0.25, 0.3) is 0 Å². The molecular formula is C27H28N6O3S. The predicted octanol–water partition coefficient (Wildman–Crippen LogP) is 3.60. The number of piperidine rings is 1. The van der Waals surface area contributed by atoms with E-state index in [0.717, 1.165) is 22.0 Å². The Hall–Kier alpha value is -4.02. The summed E-state index contributed by atoms with van der Waals surface area (Å²) in [6.07, 6.45) is 10.2. The van der Waals surface area contributed by atoms with Crippen molar-refractivity contribution in [2.24, 2.45) is 5.73 Å². The van der Waals surface area contributed by atoms with E-state index in [9.17, 15) is 13.2 Å². The number of anilines is 2. The minimum Gasteiger partial charge on any atom is -0.361 e. The lowest BCUT2D eigenvalue weighted by Gasteiger charge is -2.31. The third-order valence-corrected chi connectivity index (χ3v) is 8.88. The van der Waals surface area contributed by atoms with Gasteiger partial charge in [0.15, 0.2) is 9.84 Å². The van der Waals surface area contributed by atoms with Gasteiger partial charge in [0.05, 0.1) is 16.7 Å². The molecule has 2 aromatic carbocycles. The van der Waals surface area contributed by atoms with Gasteiger partial charge in [-0.15, -0.1) is 0 Å². The van der Waals surface area contributed by atoms with Crippen LogP contribution in [0, 0.1) is 0 Å². The van der Waals surface area contributed by atoms with Gasteiger partial charge in [-0.1, -0.05) is 24.3 Å². The van der Waals surface area contributed by atoms with Crippen LogP contribution in [0.4, 0.5) is 11.6 Å². The van der Waals surface area contributed by atoms with Crippen molar-refractivity contribution in [3.63, 3.8) is 0 Å². The summed E-state index contributed by atoms with van der Waals surface area (Å²) in [5.41, 5.74) is 9.14. The summed E-state index contributed by atoms with van der Waals surface area (Å²) in [6, 6.07) is 14.7. The van der Waals surface area contributed by atoms with Crippen LogP contribution in [0.1, 0.15) is 24.0 Å². The number of benzene rings is 2. The molecule has 4 N–H and O–H groups in total. The molecule has 1 saturated heterocycles. The van der Waals surface area contributed by atoms with Crippen LogP contribution >= 0.6 is 0 Å². The zero-order valence-corrected chi connectivity index (χ0v) is 21.0. The molecule has 3 heterocycles. The lowest BCUT2D eigenvalue weighted by Crippen LogP contribution is -2.44. The molecule has 2 aromatic heterocycles. The number of fused-ring (bicyclic) bond motifs is 1. The van der Waals surface area contributed by atoms with E-state index in [2.05, 4.69) is 26.3 Å². The maximum Gasteiger partial charge on any atom is 0.236 e. The molecule has 190 valence electrons. The minimum atomic E-state index is -3.49. The Kier molecular flexibility index (Phi) is 7.02. The van der Waals surface area contributed by atoms with E-state index in [0.29, 0.717) is 37.6 Å². The van der Waals surface area contributed by atoms with Crippen molar-refractivity contribution in [1.29, 1.82) is 0 Å². The number of nitrogens with two attached hydrogens (primary N) is 1. The summed E-state index contributed by atoms with van der Waals surface area (Å²) in [4.78, 5) is 25.6. The number of sulfone groups is 1. The smallest absolute Gasteiger partial charge is 0.236 e. The summed E-state index contributed by atoms with van der Waals surface area (Å²) < 4.78 is 26.2. The first kappa shape index (κ1) is 24.7. The lowest BCUT2D eigenvalue weighted by molar-refractivity contribution is -0.130. The molecule has 0 radical (unpaired) electrons. The quantitative estimate of drug-likeness (QED) is 0.342. The van der Waals surface area contributed by atoms with Crippen molar-refractivity contribution in [2.75, 3.05) is 25.0 Å². The third kappa shape index (κ3) is 5.40. The van der Waals surface area contributed by atoms with Gasteiger partial charge in [0.2, 0.25) is 11.9 Å². The van der Waals surface area contributed by atoms with Crippen molar-refractivity contribution in [3.05, 3.63) is 78.2 Å². The predicted molar refractivity (Wildman–Crippen MR) is 145 cm³/mol. The van der Waals surface area contributed by atoms with Crippen molar-refractivity contribution in [3.8, 4) is 0 Å². The van der Waals surface area contributed by atoms with E-state index in [1.54, 1.807) is 41.6 Å². The zero-order valence-electron chi connectivity index (χ0n) is 20.2. The SMILES string of the molecule is NCC(=O)N1CCC(S(=O)(=O)c2ccc(Nc3ncc(C=Cc4cccc5[nH]ccc45)cn3)cc2)CC1. The highest BCUT2D eigenvalue weighted by molar-refractivity contribution is 7.92. The first-order valence-electron chi connectivity index (χ1n) is 12.1. The van der Waals surface area contributed by atoms with Crippen LogP contribution in [-0.4, -0.2) is 59.1 Å². The first-order chi connectivity index (χ1) is 17.9. The fourth-order valence-electron chi connectivity index (χ4n) is 4.52. The van der Waals surface area contributed by atoms with E-state index in [1.807, 2.05) is 36.5 Å². The number of aromatic nitrogens is 3. The monoisotopic (exact) mass is 516 g/mol. The number of amides is 1. The van der Waals surface area contributed by atoms with E-state index in [1.165, 1.54) is 0 Å². The molecule has 4 aromatic rings. The second-order valence-electron chi connectivity index (χ2n) is 8.94. The third-order valence-electron chi connectivity index (χ3n) is 6.60. The number of nitrogens with zero attached hydrogens (tertiary/aromatic N) is 3. The van der Waals surface area contributed by atoms with Crippen LogP contribution < -0.4 is 11.1 Å². The van der Waals surface area contributed by atoms with Crippen LogP contribution in [0.2, 0.25) is 0 Å². The second-order valence-corrected chi connectivity index (χ2v) is 11.2. The summed E-state index contributed by atoms with van der Waals surface area (Å²) in [5, 5.41) is 3.74. The van der Waals surface area contributed by atoms with Crippen LogP contribution in [-0.2, 0) is 14.6 Å². The van der Waals surface area contributed by atoms with Crippen LogP contribution in [0.5, 0.6) is 0 Å². The number of likely N-dealkylation sites (tertiary alicyclic amines) is 1. The van der Waals surface area contributed by atoms with Crippen LogP contribution in [0.15, 0.2) is 72.0 Å². The number of carbonyl (C=O) groups excluding carboxylic acids is 1. The molecule has 1 aliphatic heterocycles. The molecular weight excluding hydrogens is 488 g/mol. The van der Waals surface area contributed by atoms with Gasteiger partial charge >= 0.3 is 0 Å². The Balaban J connectivity index is 1.21. The second kappa shape index (κ2) is 10.5. The molecule has 1 amide bonds. The standard InChI is InChI=1S/C27H28N6O3S/c28-16-26(34)33-14-11-23(12-15-33)37(35,36)22-8-6-21(7-9-22)32-27-30-17-19(18-31-27)4-5-20-2-1-3-25-24(20)10-13-29-25/h1-10,13,17-18,23,29H,11-12,14-16,28H2,(H,30,31,32). The lowest BCUT2D eigenvalue weighted by atomic mass is 10.1. The molecule has 0 unspecified atom stereocenters. The fourth-order valence-corrected chi connectivity index (χ4v) is 6.26. The summed E-state index contributed by atoms with van der Waals surface area (Å²) in [6.45, 7) is 0.758. The summed E-state index contributed by atoms with van der Waals surface area (Å²) in [7, 11) is -3.49. The fraction of sp³-hybridized carbons (Fsp3) is 0.222. The molecule has 1 fully saturated rings. The normalized spacial score (nSPS) is 14.9. The van der Waals surface area contributed by atoms with E-state index in [-0.39, 0.29) is 17.3 Å². The van der Waals surface area contributed by atoms with E-state index >= 15 is 0 Å². The molecule has 5 rings (SSSR count). The topological polar surface area (TPSA) is 134 Å². The molecule has 0 aliphatic carbocycles. The Labute approximate surface area is 215 Å². The van der Waals surface area contributed by atoms with Crippen LogP contribution in [0.25, 0.3) is 23.1 Å². The number of rotatable bonds is 7. The van der Waals surface area contributed by atoms with Gasteiger partial charge in [-0.3, -0.25) is 4.79 Å². The number of carbonyl (C=O) groups is 1. The Morgan fingerprint density at radius 3 is 2.49 bits per heavy atom. The maximum atomic E-state index is 13.1. The first-order valence-corrected chi connectivity index (χ1v) is 13.6. The maximum absolute atomic E-state index is 13.1. The highest BCUT2D eigenvalue weighted by Crippen LogP contribution is 2.26. The largest absolute Gasteiger partial charge is 0.361 e. The van der Waals surface area contributed by atoms with Gasteiger partial charge < -0.3 is 20.9 Å². The average molecular weight is 517 g/mol. The minimum absolute atomic E-state index is 0.0555. The zero-order chi connectivity index (χ0) is 25.8. The molecule has 0 atom stereocenters. The number of H-pyrrole nitrogens is 1. The highest BCUT2D eigenvalue weighted by atomic mass is 32.2. The van der Waals surface area contributed by atoms with Crippen LogP contribution in [0.3, 0.4) is 0 Å². The van der Waals surface area contributed by atoms with E-state index in [4.69, 9.17) is 5.73 Å². The number of aromatic amines is 1. The average Bonchev–Trinajstić information content (AvgIpc) is 3.42. The van der Waals surface area contributed by atoms with Gasteiger partial charge in [-0.25, -0.2) is 18.4 Å². The highest BCUT2D eigenvalue weighted by Gasteiger charge is 2.32. The molecule has 37 heavy (non-hydrogen) atoms. The van der Waals surface area contributed by atoms with Gasteiger partial charge in [-0.05, 0) is 54.8 Å². The molecule has 10 heteroatoms. The molecule has 0 bridgehead atoms. The number of hydrogen-bond acceptors (Lipinski definition) is 7. The van der Waals surface area contributed by atoms with Crippen molar-refractivity contribution in [2.45, 2.75) is 23.0 Å². The molecule has 0 spiro atoms. The number of nitrogens with one attached hydrogen (secondary N) is 2. The Morgan fingerprint density at radius 2 is 1.78 bits per heavy atom. The van der Waals surface area contributed by atoms with Crippen molar-refractivity contribution >= 4 is 50.4 Å². The van der Waals surface area contributed by atoms with Gasteiger partial charge in [-0.2, -0.15) is 0 Å².